The molecule has 0 saturated heterocycles. The predicted octanol–water partition coefficient (Wildman–Crippen LogP) is 0.977. The van der Waals surface area contributed by atoms with E-state index in [0.29, 0.717) is 9.74 Å². The largest absolute Gasteiger partial charge is 1.00 e. The first kappa shape index (κ1) is 11.5. The van der Waals surface area contributed by atoms with Crippen molar-refractivity contribution in [2.45, 2.75) is 30.0 Å². The maximum absolute atomic E-state index is 3.76. The summed E-state index contributed by atoms with van der Waals surface area (Å²) >= 11 is 10.8. The van der Waals surface area contributed by atoms with Crippen molar-refractivity contribution in [2.24, 2.45) is 5.41 Å². The van der Waals surface area contributed by atoms with Gasteiger partial charge in [0.05, 0.1) is 0 Å². The van der Waals surface area contributed by atoms with Crippen LogP contribution in [0.2, 0.25) is 0 Å². The smallest absolute Gasteiger partial charge is 0.304 e. The van der Waals surface area contributed by atoms with Gasteiger partial charge in [-0.3, -0.25) is 0 Å². The molecule has 0 N–H and O–H groups in total. The maximum Gasteiger partial charge on any atom is 1.00 e. The van der Waals surface area contributed by atoms with Gasteiger partial charge in [-0.15, -0.1) is 5.41 Å². The van der Waals surface area contributed by atoms with Crippen molar-refractivity contribution in [3.05, 3.63) is 3.74 Å². The summed E-state index contributed by atoms with van der Waals surface area (Å²) in [6.45, 7) is 0. The monoisotopic (exact) mass is 352 g/mol. The Morgan fingerprint density at radius 2 is 1.64 bits per heavy atom. The van der Waals surface area contributed by atoms with E-state index in [2.05, 4.69) is 47.8 Å². The van der Waals surface area contributed by atoms with Gasteiger partial charge in [0.2, 0.25) is 0 Å². The molecule has 0 aromatic heterocycles. The van der Waals surface area contributed by atoms with E-state index in [4.69, 9.17) is 0 Å². The Kier molecular flexibility index (Phi) is 3.71. The molecule has 0 nitrogen and oxygen atoms in total. The summed E-state index contributed by atoms with van der Waals surface area (Å²) in [6.07, 6.45) is 5.30. The molecule has 0 spiro atoms. The third-order valence-corrected chi connectivity index (χ3v) is 5.40. The molecule has 0 radical (unpaired) electrons. The Labute approximate surface area is 115 Å². The van der Waals surface area contributed by atoms with Crippen LogP contribution >= 0.6 is 47.8 Å². The molecule has 58 valence electrons. The Morgan fingerprint density at radius 3 is 1.82 bits per heavy atom. The predicted molar refractivity (Wildman–Crippen MR) is 53.7 cm³/mol. The van der Waals surface area contributed by atoms with Crippen LogP contribution in [0.4, 0.5) is 0 Å². The first-order chi connectivity index (χ1) is 4.56. The van der Waals surface area contributed by atoms with Crippen molar-refractivity contribution < 1.29 is 29.6 Å². The number of rotatable bonds is 1. The van der Waals surface area contributed by atoms with Gasteiger partial charge < -0.3 is 31.9 Å². The summed E-state index contributed by atoms with van der Waals surface area (Å²) in [5, 5.41) is 0. The third-order valence-electron chi connectivity index (χ3n) is 2.76. The molecule has 0 aliphatic heterocycles. The van der Waals surface area contributed by atoms with Crippen molar-refractivity contribution >= 4 is 47.8 Å². The summed E-state index contributed by atoms with van der Waals surface area (Å²) in [5.74, 6) is 0. The molecule has 0 heterocycles. The van der Waals surface area contributed by atoms with Gasteiger partial charge in [-0.2, -0.15) is 3.74 Å². The Balaban J connectivity index is 0.000000605. The molecule has 3 saturated carbocycles. The summed E-state index contributed by atoms with van der Waals surface area (Å²) in [5.41, 5.74) is 0.503. The zero-order chi connectivity index (χ0) is 7.41. The van der Waals surface area contributed by atoms with Gasteiger partial charge in [-0.25, -0.2) is 0 Å². The van der Waals surface area contributed by atoms with Crippen molar-refractivity contribution in [3.63, 3.8) is 0 Å². The fourth-order valence-corrected chi connectivity index (χ4v) is 4.43. The topological polar surface area (TPSA) is 0 Å². The SMILES string of the molecule is Br[C-](Br)C12CCC(Br)(C1)C2.[Na+]. The molecule has 3 aliphatic carbocycles. The van der Waals surface area contributed by atoms with Crippen LogP contribution in [0.25, 0.3) is 0 Å². The normalized spacial score (nSPS) is 46.9. The minimum atomic E-state index is 0. The van der Waals surface area contributed by atoms with Gasteiger partial charge in [-0.05, 0) is 6.42 Å². The first-order valence-corrected chi connectivity index (χ1v) is 5.82. The zero-order valence-corrected chi connectivity index (χ0v) is 13.2. The number of hydrogen-bond acceptors (Lipinski definition) is 0. The minimum Gasteiger partial charge on any atom is -0.304 e. The van der Waals surface area contributed by atoms with E-state index in [1.54, 1.807) is 0 Å². The summed E-state index contributed by atoms with van der Waals surface area (Å²) in [7, 11) is 0. The molecule has 3 aliphatic rings. The quantitative estimate of drug-likeness (QED) is 0.374. The molecule has 0 aromatic rings. The van der Waals surface area contributed by atoms with Gasteiger partial charge >= 0.3 is 29.6 Å². The van der Waals surface area contributed by atoms with Crippen LogP contribution in [0, 0.1) is 9.15 Å². The second kappa shape index (κ2) is 3.54. The molecule has 2 bridgehead atoms. The first-order valence-electron chi connectivity index (χ1n) is 3.44. The Morgan fingerprint density at radius 1 is 1.09 bits per heavy atom. The van der Waals surface area contributed by atoms with Crippen LogP contribution in [0.15, 0.2) is 0 Å². The van der Waals surface area contributed by atoms with E-state index in [1.165, 1.54) is 29.4 Å². The van der Waals surface area contributed by atoms with Crippen LogP contribution in [0.5, 0.6) is 0 Å². The number of halogens is 3. The minimum absolute atomic E-state index is 0. The Hall–Kier alpha value is 2.44. The molecule has 0 unspecified atom stereocenters. The van der Waals surface area contributed by atoms with E-state index in [0.717, 1.165) is 0 Å². The fraction of sp³-hybridized carbons (Fsp3) is 0.857. The zero-order valence-electron chi connectivity index (χ0n) is 6.46. The van der Waals surface area contributed by atoms with E-state index < -0.39 is 0 Å². The molecule has 11 heavy (non-hydrogen) atoms. The summed E-state index contributed by atoms with van der Waals surface area (Å²) in [6, 6.07) is 0. The van der Waals surface area contributed by atoms with Gasteiger partial charge in [0.25, 0.3) is 0 Å². The molecule has 3 fully saturated rings. The van der Waals surface area contributed by atoms with Crippen molar-refractivity contribution in [1.82, 2.24) is 0 Å². The van der Waals surface area contributed by atoms with Crippen LogP contribution in [-0.4, -0.2) is 4.32 Å². The second-order valence-electron chi connectivity index (χ2n) is 3.55. The molecular weight excluding hydrogens is 347 g/mol. The molecule has 0 amide bonds. The van der Waals surface area contributed by atoms with Gasteiger partial charge in [0.1, 0.15) is 0 Å². The number of hydrogen-bond donors (Lipinski definition) is 0. The van der Waals surface area contributed by atoms with Gasteiger partial charge in [0, 0.05) is 4.32 Å². The van der Waals surface area contributed by atoms with Crippen LogP contribution < -0.4 is 29.6 Å². The number of fused-ring (bicyclic) bond motifs is 1. The summed E-state index contributed by atoms with van der Waals surface area (Å²) < 4.78 is 1.79. The third kappa shape index (κ3) is 1.80. The molecule has 0 aromatic carbocycles. The molecular formula is C7H8Br3Na. The number of alkyl halides is 1. The standard InChI is InChI=1S/C7H8Br3.Na/c8-5(9)6-1-2-7(10,3-6)4-6;/h1-4H2;/q-1;+1. The van der Waals surface area contributed by atoms with E-state index in [1.807, 2.05) is 0 Å². The molecule has 0 atom stereocenters. The van der Waals surface area contributed by atoms with Crippen molar-refractivity contribution in [1.29, 1.82) is 0 Å². The van der Waals surface area contributed by atoms with Gasteiger partial charge in [-0.1, -0.05) is 35.2 Å². The second-order valence-corrected chi connectivity index (χ2v) is 7.88. The Bertz CT molecular complexity index is 163. The van der Waals surface area contributed by atoms with Crippen molar-refractivity contribution in [3.8, 4) is 0 Å². The van der Waals surface area contributed by atoms with E-state index >= 15 is 0 Å². The maximum atomic E-state index is 3.76. The average molecular weight is 355 g/mol. The van der Waals surface area contributed by atoms with Gasteiger partial charge in [0.15, 0.2) is 0 Å². The fourth-order valence-electron chi connectivity index (χ4n) is 2.21. The molecule has 3 rings (SSSR count). The van der Waals surface area contributed by atoms with Crippen LogP contribution in [0.3, 0.4) is 0 Å². The van der Waals surface area contributed by atoms with Crippen LogP contribution in [0.1, 0.15) is 25.7 Å². The van der Waals surface area contributed by atoms with Crippen molar-refractivity contribution in [2.75, 3.05) is 0 Å². The molecule has 4 heteroatoms. The average Bonchev–Trinajstić information content (AvgIpc) is 2.19. The van der Waals surface area contributed by atoms with E-state index in [-0.39, 0.29) is 29.6 Å². The van der Waals surface area contributed by atoms with Crippen LogP contribution in [-0.2, 0) is 0 Å². The van der Waals surface area contributed by atoms with E-state index in [9.17, 15) is 0 Å². The summed E-state index contributed by atoms with van der Waals surface area (Å²) in [4.78, 5) is 0.